The Labute approximate surface area is 131 Å². The topological polar surface area (TPSA) is 52.6 Å². The van der Waals surface area contributed by atoms with Crippen LogP contribution in [0.3, 0.4) is 0 Å². The number of hydrogen-bond donors (Lipinski definition) is 0. The highest BCUT2D eigenvalue weighted by molar-refractivity contribution is 5.93. The molecule has 4 nitrogen and oxygen atoms in total. The van der Waals surface area contributed by atoms with Crippen LogP contribution in [0.4, 0.5) is 0 Å². The first-order valence-corrected chi connectivity index (χ1v) is 6.70. The molecule has 0 saturated heterocycles. The second kappa shape index (κ2) is 12.1. The summed E-state index contributed by atoms with van der Waals surface area (Å²) in [5.74, 6) is 0.785. The average Bonchev–Trinajstić information content (AvgIpc) is 2.57. The molecule has 0 fully saturated rings. The molecule has 2 aromatic rings. The molecule has 0 unspecified atom stereocenters. The number of carbonyl (C=O) groups excluding carboxylic acids is 2. The van der Waals surface area contributed by atoms with Gasteiger partial charge in [0.25, 0.3) is 0 Å². The van der Waals surface area contributed by atoms with Crippen molar-refractivity contribution in [1.29, 1.82) is 0 Å². The minimum Gasteiger partial charge on any atom is -0.497 e. The van der Waals surface area contributed by atoms with Gasteiger partial charge in [-0.15, -0.1) is 0 Å². The van der Waals surface area contributed by atoms with Gasteiger partial charge in [-0.25, -0.2) is 0 Å². The average molecular weight is 302 g/mol. The standard InChI is InChI=1S/C8H8O.C7H8O.C3H6O2/c1-7(9)8-5-3-2-4-6-8;1-8-7-5-3-2-4-6-7;1-3(4)5-2/h2-6H,1H3;2-6H,1H3;1-2H3. The third-order valence-electron chi connectivity index (χ3n) is 2.45. The third-order valence-corrected chi connectivity index (χ3v) is 2.45. The van der Waals surface area contributed by atoms with Gasteiger partial charge in [0.2, 0.25) is 0 Å². The number of ketones is 1. The second-order valence-corrected chi connectivity index (χ2v) is 4.14. The molecule has 0 atom stereocenters. The van der Waals surface area contributed by atoms with Gasteiger partial charge in [-0.2, -0.15) is 0 Å². The van der Waals surface area contributed by atoms with E-state index in [9.17, 15) is 9.59 Å². The zero-order valence-corrected chi connectivity index (χ0v) is 13.4. The molecule has 4 heteroatoms. The Kier molecular flexibility index (Phi) is 10.7. The van der Waals surface area contributed by atoms with Gasteiger partial charge < -0.3 is 9.47 Å². The van der Waals surface area contributed by atoms with Crippen molar-refractivity contribution < 1.29 is 19.1 Å². The maximum absolute atomic E-state index is 10.6. The number of carbonyl (C=O) groups is 2. The minimum atomic E-state index is -0.245. The van der Waals surface area contributed by atoms with E-state index in [1.165, 1.54) is 14.0 Å². The van der Waals surface area contributed by atoms with Crippen LogP contribution in [0.1, 0.15) is 24.2 Å². The van der Waals surface area contributed by atoms with Gasteiger partial charge in [0.05, 0.1) is 14.2 Å². The lowest BCUT2D eigenvalue weighted by atomic mass is 10.2. The van der Waals surface area contributed by atoms with Crippen molar-refractivity contribution in [3.05, 3.63) is 66.2 Å². The van der Waals surface area contributed by atoms with E-state index in [4.69, 9.17) is 4.74 Å². The molecule has 0 radical (unpaired) electrons. The molecule has 0 aliphatic rings. The normalized spacial score (nSPS) is 8.36. The number of ether oxygens (including phenoxy) is 2. The number of para-hydroxylation sites is 1. The largest absolute Gasteiger partial charge is 0.497 e. The highest BCUT2D eigenvalue weighted by Crippen LogP contribution is 2.05. The van der Waals surface area contributed by atoms with Crippen LogP contribution in [0, 0.1) is 0 Å². The fourth-order valence-electron chi connectivity index (χ4n) is 1.23. The van der Waals surface area contributed by atoms with Crippen LogP contribution in [0.2, 0.25) is 0 Å². The minimum absolute atomic E-state index is 0.121. The highest BCUT2D eigenvalue weighted by atomic mass is 16.5. The zero-order valence-electron chi connectivity index (χ0n) is 13.4. The molecule has 0 aliphatic heterocycles. The van der Waals surface area contributed by atoms with Gasteiger partial charge in [0, 0.05) is 12.5 Å². The summed E-state index contributed by atoms with van der Waals surface area (Å²) in [5, 5.41) is 0. The van der Waals surface area contributed by atoms with E-state index >= 15 is 0 Å². The van der Waals surface area contributed by atoms with Crippen molar-refractivity contribution >= 4 is 11.8 Å². The number of Topliss-reactive ketones (excluding diaryl/α,β-unsaturated/α-hetero) is 1. The third kappa shape index (κ3) is 10.2. The second-order valence-electron chi connectivity index (χ2n) is 4.14. The van der Waals surface area contributed by atoms with Gasteiger partial charge in [-0.05, 0) is 19.1 Å². The van der Waals surface area contributed by atoms with E-state index in [1.807, 2.05) is 60.7 Å². The molecule has 0 heterocycles. The van der Waals surface area contributed by atoms with Gasteiger partial charge in [0.15, 0.2) is 5.78 Å². The monoisotopic (exact) mass is 302 g/mol. The number of hydrogen-bond acceptors (Lipinski definition) is 4. The van der Waals surface area contributed by atoms with Crippen LogP contribution in [0.15, 0.2) is 60.7 Å². The van der Waals surface area contributed by atoms with E-state index in [1.54, 1.807) is 14.0 Å². The lowest BCUT2D eigenvalue weighted by molar-refractivity contribution is -0.137. The Morgan fingerprint density at radius 2 is 1.18 bits per heavy atom. The van der Waals surface area contributed by atoms with Gasteiger partial charge in [-0.1, -0.05) is 48.5 Å². The van der Waals surface area contributed by atoms with Gasteiger partial charge >= 0.3 is 5.97 Å². The van der Waals surface area contributed by atoms with Crippen molar-refractivity contribution in [2.45, 2.75) is 13.8 Å². The van der Waals surface area contributed by atoms with Crippen LogP contribution < -0.4 is 4.74 Å². The molecule has 0 aliphatic carbocycles. The smallest absolute Gasteiger partial charge is 0.302 e. The quantitative estimate of drug-likeness (QED) is 0.626. The van der Waals surface area contributed by atoms with E-state index in [2.05, 4.69) is 4.74 Å². The SMILES string of the molecule is CC(=O)c1ccccc1.COC(C)=O.COc1ccccc1. The van der Waals surface area contributed by atoms with Gasteiger partial charge in [-0.3, -0.25) is 9.59 Å². The molecule has 2 rings (SSSR count). The predicted octanol–water partition coefficient (Wildman–Crippen LogP) is 3.76. The van der Waals surface area contributed by atoms with E-state index < -0.39 is 0 Å². The Morgan fingerprint density at radius 1 is 0.773 bits per heavy atom. The number of benzene rings is 2. The van der Waals surface area contributed by atoms with Crippen LogP contribution in [-0.4, -0.2) is 26.0 Å². The fraction of sp³-hybridized carbons (Fsp3) is 0.222. The molecule has 0 bridgehead atoms. The summed E-state index contributed by atoms with van der Waals surface area (Å²) in [4.78, 5) is 20.2. The Balaban J connectivity index is 0.000000315. The Morgan fingerprint density at radius 3 is 1.41 bits per heavy atom. The molecular weight excluding hydrogens is 280 g/mol. The van der Waals surface area contributed by atoms with Crippen LogP contribution in [-0.2, 0) is 9.53 Å². The molecule has 0 N–H and O–H groups in total. The van der Waals surface area contributed by atoms with E-state index in [-0.39, 0.29) is 11.8 Å². The molecular formula is C18H22O4. The molecule has 118 valence electrons. The first-order valence-electron chi connectivity index (χ1n) is 6.70. The van der Waals surface area contributed by atoms with Crippen molar-refractivity contribution in [3.8, 4) is 5.75 Å². The number of rotatable bonds is 2. The number of methoxy groups -OCH3 is 2. The van der Waals surface area contributed by atoms with Gasteiger partial charge in [0.1, 0.15) is 5.75 Å². The number of esters is 1. The molecule has 0 saturated carbocycles. The van der Waals surface area contributed by atoms with Crippen molar-refractivity contribution in [2.24, 2.45) is 0 Å². The summed E-state index contributed by atoms with van der Waals surface area (Å²) < 4.78 is 9.03. The fourth-order valence-corrected chi connectivity index (χ4v) is 1.23. The lowest BCUT2D eigenvalue weighted by Gasteiger charge is -1.93. The summed E-state index contributed by atoms with van der Waals surface area (Å²) in [6.07, 6.45) is 0. The van der Waals surface area contributed by atoms with Crippen LogP contribution in [0.25, 0.3) is 0 Å². The summed E-state index contributed by atoms with van der Waals surface area (Å²) in [6.45, 7) is 2.93. The summed E-state index contributed by atoms with van der Waals surface area (Å²) in [5.41, 5.74) is 0.775. The van der Waals surface area contributed by atoms with Crippen LogP contribution >= 0.6 is 0 Å². The van der Waals surface area contributed by atoms with Crippen molar-refractivity contribution in [1.82, 2.24) is 0 Å². The summed E-state index contributed by atoms with van der Waals surface area (Å²) in [6, 6.07) is 18.9. The highest BCUT2D eigenvalue weighted by Gasteiger charge is 1.92. The van der Waals surface area contributed by atoms with Crippen molar-refractivity contribution in [3.63, 3.8) is 0 Å². The molecule has 0 spiro atoms. The lowest BCUT2D eigenvalue weighted by Crippen LogP contribution is -1.88. The Hall–Kier alpha value is -2.62. The molecule has 0 amide bonds. The maximum Gasteiger partial charge on any atom is 0.302 e. The predicted molar refractivity (Wildman–Crippen MR) is 87.1 cm³/mol. The summed E-state index contributed by atoms with van der Waals surface area (Å²) in [7, 11) is 3.01. The van der Waals surface area contributed by atoms with E-state index in [0.29, 0.717) is 0 Å². The molecule has 22 heavy (non-hydrogen) atoms. The maximum atomic E-state index is 10.6. The first kappa shape index (κ1) is 19.4. The molecule has 2 aromatic carbocycles. The van der Waals surface area contributed by atoms with E-state index in [0.717, 1.165) is 11.3 Å². The summed E-state index contributed by atoms with van der Waals surface area (Å²) >= 11 is 0. The first-order chi connectivity index (χ1) is 10.5. The Bertz CT molecular complexity index is 536. The van der Waals surface area contributed by atoms with Crippen molar-refractivity contribution in [2.75, 3.05) is 14.2 Å². The molecule has 0 aromatic heterocycles. The van der Waals surface area contributed by atoms with Crippen LogP contribution in [0.5, 0.6) is 5.75 Å². The zero-order chi connectivity index (χ0) is 16.8.